The molecule has 0 bridgehead atoms. The van der Waals surface area contributed by atoms with E-state index in [0.29, 0.717) is 12.5 Å². The Bertz CT molecular complexity index is 741. The van der Waals surface area contributed by atoms with Gasteiger partial charge >= 0.3 is 0 Å². The van der Waals surface area contributed by atoms with Crippen molar-refractivity contribution in [3.8, 4) is 0 Å². The number of carbonyl (C=O) groups is 1. The molecule has 2 aromatic rings. The van der Waals surface area contributed by atoms with E-state index in [1.165, 1.54) is 37.7 Å². The lowest BCUT2D eigenvalue weighted by molar-refractivity contribution is -0.134. The summed E-state index contributed by atoms with van der Waals surface area (Å²) in [5.74, 6) is 0.108. The van der Waals surface area contributed by atoms with Crippen LogP contribution in [0.4, 0.5) is 0 Å². The van der Waals surface area contributed by atoms with Crippen molar-refractivity contribution in [1.29, 1.82) is 0 Å². The minimum absolute atomic E-state index is 0.108. The number of fused-ring (bicyclic) bond motifs is 1. The van der Waals surface area contributed by atoms with E-state index in [4.69, 9.17) is 5.73 Å². The summed E-state index contributed by atoms with van der Waals surface area (Å²) >= 11 is 0. The van der Waals surface area contributed by atoms with Crippen LogP contribution in [0.3, 0.4) is 0 Å². The normalized spacial score (nSPS) is 21.2. The highest BCUT2D eigenvalue weighted by molar-refractivity contribution is 5.83. The first-order valence-corrected chi connectivity index (χ1v) is 10.0. The summed E-state index contributed by atoms with van der Waals surface area (Å²) in [5.41, 5.74) is 8.51. The van der Waals surface area contributed by atoms with Gasteiger partial charge in [0, 0.05) is 30.8 Å². The van der Waals surface area contributed by atoms with Crippen molar-refractivity contribution < 1.29 is 4.79 Å². The highest BCUT2D eigenvalue weighted by Crippen LogP contribution is 2.22. The van der Waals surface area contributed by atoms with E-state index in [9.17, 15) is 4.79 Å². The first-order valence-electron chi connectivity index (χ1n) is 10.0. The molecule has 5 heteroatoms. The Labute approximate surface area is 155 Å². The molecule has 0 aliphatic carbocycles. The van der Waals surface area contributed by atoms with Gasteiger partial charge in [0.05, 0.1) is 6.04 Å². The molecule has 1 aromatic heterocycles. The van der Waals surface area contributed by atoms with Crippen molar-refractivity contribution >= 4 is 16.8 Å². The van der Waals surface area contributed by atoms with Gasteiger partial charge in [-0.3, -0.25) is 4.79 Å². The summed E-state index contributed by atoms with van der Waals surface area (Å²) in [6, 6.07) is 8.52. The quantitative estimate of drug-likeness (QED) is 0.887. The van der Waals surface area contributed by atoms with E-state index in [-0.39, 0.29) is 5.91 Å². The van der Waals surface area contributed by atoms with Crippen LogP contribution in [-0.4, -0.2) is 59.0 Å². The summed E-state index contributed by atoms with van der Waals surface area (Å²) in [5, 5.41) is 1.17. The average Bonchev–Trinajstić information content (AvgIpc) is 3.16. The number of rotatable bonds is 4. The van der Waals surface area contributed by atoms with Crippen LogP contribution in [0.1, 0.15) is 37.7 Å². The van der Waals surface area contributed by atoms with E-state index in [2.05, 4.69) is 34.1 Å². The van der Waals surface area contributed by atoms with Gasteiger partial charge in [0.1, 0.15) is 0 Å². The first kappa shape index (κ1) is 17.6. The fourth-order valence-electron chi connectivity index (χ4n) is 4.54. The maximum absolute atomic E-state index is 12.8. The van der Waals surface area contributed by atoms with Crippen LogP contribution in [0.5, 0.6) is 0 Å². The summed E-state index contributed by atoms with van der Waals surface area (Å²) in [7, 11) is 0. The number of hydrogen-bond acceptors (Lipinski definition) is 3. The van der Waals surface area contributed by atoms with Crippen LogP contribution in [0.15, 0.2) is 30.5 Å². The summed E-state index contributed by atoms with van der Waals surface area (Å²) in [4.78, 5) is 20.6. The number of nitrogens with one attached hydrogen (secondary N) is 1. The molecular weight excluding hydrogens is 324 g/mol. The van der Waals surface area contributed by atoms with E-state index in [0.717, 1.165) is 37.0 Å². The lowest BCUT2D eigenvalue weighted by atomic mass is 9.98. The minimum Gasteiger partial charge on any atom is -0.361 e. The van der Waals surface area contributed by atoms with Gasteiger partial charge in [-0.15, -0.1) is 0 Å². The van der Waals surface area contributed by atoms with E-state index in [1.54, 1.807) is 0 Å². The standard InChI is InChI=1S/C21H30N4O/c22-19(15-16-4-5-20-17(14-16)6-9-23-20)21(26)25-12-7-18(8-13-25)24-10-2-1-3-11-24/h4-6,9,14,18-19,23H,1-3,7-8,10-13,15,22H2. The van der Waals surface area contributed by atoms with Crippen LogP contribution in [-0.2, 0) is 11.2 Å². The second kappa shape index (κ2) is 7.80. The number of nitrogens with zero attached hydrogens (tertiary/aromatic N) is 2. The summed E-state index contributed by atoms with van der Waals surface area (Å²) in [6.45, 7) is 4.18. The zero-order valence-electron chi connectivity index (χ0n) is 15.5. The van der Waals surface area contributed by atoms with Crippen molar-refractivity contribution in [1.82, 2.24) is 14.8 Å². The third kappa shape index (κ3) is 3.79. The molecule has 0 radical (unpaired) electrons. The van der Waals surface area contributed by atoms with Gasteiger partial charge in [0.2, 0.25) is 5.91 Å². The minimum atomic E-state index is -0.446. The van der Waals surface area contributed by atoms with Crippen molar-refractivity contribution in [2.75, 3.05) is 26.2 Å². The van der Waals surface area contributed by atoms with Gasteiger partial charge in [-0.1, -0.05) is 12.5 Å². The number of nitrogens with two attached hydrogens (primary N) is 1. The molecule has 2 fully saturated rings. The van der Waals surface area contributed by atoms with Gasteiger partial charge in [-0.25, -0.2) is 0 Å². The fraction of sp³-hybridized carbons (Fsp3) is 0.571. The van der Waals surface area contributed by atoms with E-state index >= 15 is 0 Å². The molecule has 3 N–H and O–H groups in total. The van der Waals surface area contributed by atoms with Crippen LogP contribution in [0, 0.1) is 0 Å². The Hall–Kier alpha value is -1.85. The molecular formula is C21H30N4O. The predicted octanol–water partition coefficient (Wildman–Crippen LogP) is 2.51. The van der Waals surface area contributed by atoms with Crippen molar-refractivity contribution in [2.45, 2.75) is 50.6 Å². The topological polar surface area (TPSA) is 65.4 Å². The zero-order chi connectivity index (χ0) is 17.9. The number of carbonyl (C=O) groups excluding carboxylic acids is 1. The monoisotopic (exact) mass is 354 g/mol. The maximum Gasteiger partial charge on any atom is 0.239 e. The third-order valence-electron chi connectivity index (χ3n) is 6.07. The van der Waals surface area contributed by atoms with E-state index < -0.39 is 6.04 Å². The molecule has 140 valence electrons. The van der Waals surface area contributed by atoms with Crippen LogP contribution < -0.4 is 5.73 Å². The first-order chi connectivity index (χ1) is 12.7. The number of hydrogen-bond donors (Lipinski definition) is 2. The molecule has 0 saturated carbocycles. The summed E-state index contributed by atoms with van der Waals surface area (Å²) < 4.78 is 0. The molecule has 1 amide bonds. The highest BCUT2D eigenvalue weighted by atomic mass is 16.2. The number of piperidine rings is 2. The second-order valence-corrected chi connectivity index (χ2v) is 7.86. The number of aromatic amines is 1. The van der Waals surface area contributed by atoms with Gasteiger partial charge in [0.15, 0.2) is 0 Å². The number of H-pyrrole nitrogens is 1. The Morgan fingerprint density at radius 3 is 2.65 bits per heavy atom. The Balaban J connectivity index is 1.31. The number of amides is 1. The number of aromatic nitrogens is 1. The Kier molecular flexibility index (Phi) is 5.27. The second-order valence-electron chi connectivity index (χ2n) is 7.86. The lowest BCUT2D eigenvalue weighted by Gasteiger charge is -2.40. The number of likely N-dealkylation sites (tertiary alicyclic amines) is 2. The largest absolute Gasteiger partial charge is 0.361 e. The molecule has 2 aliphatic rings. The van der Waals surface area contributed by atoms with Gasteiger partial charge in [-0.2, -0.15) is 0 Å². The van der Waals surface area contributed by atoms with Crippen molar-refractivity contribution in [3.63, 3.8) is 0 Å². The van der Waals surface area contributed by atoms with Crippen LogP contribution >= 0.6 is 0 Å². The fourth-order valence-corrected chi connectivity index (χ4v) is 4.54. The van der Waals surface area contributed by atoms with Gasteiger partial charge in [-0.05, 0) is 74.3 Å². The maximum atomic E-state index is 12.8. The lowest BCUT2D eigenvalue weighted by Crippen LogP contribution is -2.52. The Morgan fingerprint density at radius 2 is 1.88 bits per heavy atom. The molecule has 4 rings (SSSR count). The smallest absolute Gasteiger partial charge is 0.239 e. The van der Waals surface area contributed by atoms with Gasteiger partial charge < -0.3 is 20.5 Å². The molecule has 2 aliphatic heterocycles. The van der Waals surface area contributed by atoms with Crippen molar-refractivity contribution in [2.24, 2.45) is 5.73 Å². The highest BCUT2D eigenvalue weighted by Gasteiger charge is 2.29. The van der Waals surface area contributed by atoms with E-state index in [1.807, 2.05) is 11.1 Å². The molecule has 1 unspecified atom stereocenters. The SMILES string of the molecule is NC(Cc1ccc2[nH]ccc2c1)C(=O)N1CCC(N2CCCCC2)CC1. The molecule has 1 atom stereocenters. The third-order valence-corrected chi connectivity index (χ3v) is 6.07. The predicted molar refractivity (Wildman–Crippen MR) is 105 cm³/mol. The zero-order valence-corrected chi connectivity index (χ0v) is 15.5. The van der Waals surface area contributed by atoms with Crippen LogP contribution in [0.2, 0.25) is 0 Å². The summed E-state index contributed by atoms with van der Waals surface area (Å²) in [6.07, 6.45) is 8.75. The Morgan fingerprint density at radius 1 is 1.12 bits per heavy atom. The molecule has 1 aromatic carbocycles. The van der Waals surface area contributed by atoms with Crippen LogP contribution in [0.25, 0.3) is 10.9 Å². The van der Waals surface area contributed by atoms with Crippen molar-refractivity contribution in [3.05, 3.63) is 36.0 Å². The molecule has 3 heterocycles. The number of benzene rings is 1. The van der Waals surface area contributed by atoms with Gasteiger partial charge in [0.25, 0.3) is 0 Å². The molecule has 2 saturated heterocycles. The molecule has 5 nitrogen and oxygen atoms in total. The molecule has 0 spiro atoms. The molecule has 26 heavy (non-hydrogen) atoms. The average molecular weight is 354 g/mol.